The zero-order valence-corrected chi connectivity index (χ0v) is 20.1. The number of hydrogen-bond donors (Lipinski definition) is 0. The van der Waals surface area contributed by atoms with Crippen molar-refractivity contribution in [2.75, 3.05) is 53.9 Å². The van der Waals surface area contributed by atoms with E-state index < -0.39 is 35.8 Å². The van der Waals surface area contributed by atoms with Gasteiger partial charge in [0.2, 0.25) is 6.10 Å². The Morgan fingerprint density at radius 1 is 0.556 bits per heavy atom. The van der Waals surface area contributed by atoms with Gasteiger partial charge in [-0.25, -0.2) is 24.0 Å². The van der Waals surface area contributed by atoms with Crippen LogP contribution in [0.5, 0.6) is 0 Å². The predicted octanol–water partition coefficient (Wildman–Crippen LogP) is 1.91. The molecule has 0 saturated carbocycles. The van der Waals surface area contributed by atoms with Crippen LogP contribution in [0.4, 0.5) is 0 Å². The molecule has 0 aliphatic carbocycles. The Morgan fingerprint density at radius 3 is 1.22 bits per heavy atom. The van der Waals surface area contributed by atoms with Gasteiger partial charge in [-0.05, 0) is 34.6 Å². The van der Waals surface area contributed by atoms with Crippen LogP contribution in [0.25, 0.3) is 0 Å². The summed E-state index contributed by atoms with van der Waals surface area (Å²) in [4.78, 5) is 64.6. The van der Waals surface area contributed by atoms with Gasteiger partial charge < -0.3 is 33.2 Å². The second-order valence-electron chi connectivity index (χ2n) is 5.13. The van der Waals surface area contributed by atoms with Crippen LogP contribution in [0.1, 0.15) is 56.9 Å². The zero-order valence-electron chi connectivity index (χ0n) is 20.1. The number of carbonyl (C=O) groups is 6. The number of carbonyl (C=O) groups excluding carboxylic acids is 6. The third-order valence-corrected chi connectivity index (χ3v) is 2.74. The van der Waals surface area contributed by atoms with E-state index in [0.29, 0.717) is 6.61 Å². The first kappa shape index (κ1) is 46.3. The van der Waals surface area contributed by atoms with Crippen LogP contribution in [0.3, 0.4) is 0 Å². The second kappa shape index (κ2) is 31.9. The molecular formula is C23H46O13. The zero-order chi connectivity index (χ0) is 26.2. The number of rotatable bonds is 11. The fraction of sp³-hybridized carbons (Fsp3) is 0.739. The van der Waals surface area contributed by atoms with Crippen LogP contribution in [-0.4, -0.2) is 95.6 Å². The molecule has 0 aromatic heterocycles. The summed E-state index contributed by atoms with van der Waals surface area (Å²) in [5, 5.41) is 0. The largest absolute Gasteiger partial charge is 0.464 e. The van der Waals surface area contributed by atoms with Gasteiger partial charge in [0.1, 0.15) is 6.61 Å². The first-order valence-electron chi connectivity index (χ1n) is 10.00. The molecule has 0 aromatic carbocycles. The topological polar surface area (TPSA) is 167 Å². The first-order valence-corrected chi connectivity index (χ1v) is 10.00. The summed E-state index contributed by atoms with van der Waals surface area (Å²) >= 11 is 0. The Labute approximate surface area is 215 Å². The molecule has 0 spiro atoms. The van der Waals surface area contributed by atoms with Gasteiger partial charge in [0, 0.05) is 14.2 Å². The van der Waals surface area contributed by atoms with Crippen molar-refractivity contribution in [2.45, 2.75) is 63.0 Å². The molecule has 0 fully saturated rings. The van der Waals surface area contributed by atoms with Crippen LogP contribution < -0.4 is 0 Å². The molecule has 216 valence electrons. The van der Waals surface area contributed by atoms with Crippen molar-refractivity contribution in [2.24, 2.45) is 0 Å². The summed E-state index contributed by atoms with van der Waals surface area (Å²) in [6.45, 7) is 9.16. The molecule has 0 aromatic rings. The molecule has 13 heteroatoms. The number of hydrogen-bond acceptors (Lipinski definition) is 13. The molecule has 0 aliphatic rings. The fourth-order valence-electron chi connectivity index (χ4n) is 1.54. The molecule has 1 unspecified atom stereocenters. The SMILES string of the molecule is C.C.C.CCOC(=O)C(=O)C(OC)C(=O)OCC.CCOC(=O)C(=O)OCC.CCOC(=O)COC. The predicted molar refractivity (Wildman–Crippen MR) is 131 cm³/mol. The van der Waals surface area contributed by atoms with Crippen molar-refractivity contribution in [1.82, 2.24) is 0 Å². The van der Waals surface area contributed by atoms with Gasteiger partial charge in [0.05, 0.1) is 33.0 Å². The number of ketones is 1. The third kappa shape index (κ3) is 25.6. The van der Waals surface area contributed by atoms with E-state index in [1.165, 1.54) is 7.11 Å². The summed E-state index contributed by atoms with van der Waals surface area (Å²) in [5.74, 6) is -5.21. The van der Waals surface area contributed by atoms with Crippen molar-refractivity contribution in [3.63, 3.8) is 0 Å². The lowest BCUT2D eigenvalue weighted by molar-refractivity contribution is -0.168. The van der Waals surface area contributed by atoms with Crippen LogP contribution in [0.15, 0.2) is 0 Å². The van der Waals surface area contributed by atoms with Crippen molar-refractivity contribution >= 4 is 35.6 Å². The number of esters is 5. The van der Waals surface area contributed by atoms with Gasteiger partial charge in [0.15, 0.2) is 0 Å². The van der Waals surface area contributed by atoms with E-state index in [4.69, 9.17) is 0 Å². The number of Topliss-reactive ketones (excluding diaryl/α,β-unsaturated/α-hetero) is 1. The maximum absolute atomic E-state index is 11.3. The van der Waals surface area contributed by atoms with Crippen molar-refractivity contribution in [3.8, 4) is 0 Å². The molecule has 13 nitrogen and oxygen atoms in total. The molecule has 0 N–H and O–H groups in total. The van der Waals surface area contributed by atoms with Gasteiger partial charge in [-0.1, -0.05) is 22.3 Å². The lowest BCUT2D eigenvalue weighted by Gasteiger charge is -2.11. The lowest BCUT2D eigenvalue weighted by atomic mass is 10.2. The molecule has 0 saturated heterocycles. The Bertz CT molecular complexity index is 579. The fourth-order valence-corrected chi connectivity index (χ4v) is 1.54. The number of ether oxygens (including phenoxy) is 7. The van der Waals surface area contributed by atoms with Gasteiger partial charge in [-0.15, -0.1) is 0 Å². The standard InChI is InChI=1S/C9H14O6.C6H10O4.C5H10O3.3CH4/c1-4-14-8(11)6(10)7(13-3)9(12)15-5-2;1-3-9-5(7)6(8)10-4-2;1-3-8-5(6)4-7-2;;;/h7H,4-5H2,1-3H3;3-4H2,1-2H3;3-4H2,1-2H3;3*1H4. The van der Waals surface area contributed by atoms with Crippen LogP contribution in [-0.2, 0) is 61.9 Å². The Balaban J connectivity index is -0.0000000947. The second-order valence-corrected chi connectivity index (χ2v) is 5.13. The van der Waals surface area contributed by atoms with Gasteiger partial charge in [0.25, 0.3) is 5.78 Å². The van der Waals surface area contributed by atoms with Crippen molar-refractivity contribution < 1.29 is 61.9 Å². The van der Waals surface area contributed by atoms with E-state index in [-0.39, 0.29) is 61.3 Å². The molecule has 0 rings (SSSR count). The molecule has 1 atom stereocenters. The summed E-state index contributed by atoms with van der Waals surface area (Å²) < 4.78 is 31.2. The van der Waals surface area contributed by atoms with Crippen LogP contribution in [0, 0.1) is 0 Å². The minimum Gasteiger partial charge on any atom is -0.464 e. The van der Waals surface area contributed by atoms with Crippen molar-refractivity contribution in [1.29, 1.82) is 0 Å². The van der Waals surface area contributed by atoms with E-state index in [2.05, 4.69) is 33.2 Å². The Kier molecular flexibility index (Phi) is 41.1. The highest BCUT2D eigenvalue weighted by Gasteiger charge is 2.33. The molecule has 0 radical (unpaired) electrons. The smallest absolute Gasteiger partial charge is 0.417 e. The highest BCUT2D eigenvalue weighted by molar-refractivity contribution is 6.39. The summed E-state index contributed by atoms with van der Waals surface area (Å²) in [6, 6.07) is 0. The summed E-state index contributed by atoms with van der Waals surface area (Å²) in [5.41, 5.74) is 0. The van der Waals surface area contributed by atoms with E-state index in [1.54, 1.807) is 34.6 Å². The minimum atomic E-state index is -1.54. The van der Waals surface area contributed by atoms with E-state index in [1.807, 2.05) is 0 Å². The molecule has 0 aliphatic heterocycles. The maximum Gasteiger partial charge on any atom is 0.417 e. The average molecular weight is 531 g/mol. The highest BCUT2D eigenvalue weighted by Crippen LogP contribution is 1.98. The molecule has 0 amide bonds. The van der Waals surface area contributed by atoms with Crippen LogP contribution in [0.2, 0.25) is 0 Å². The average Bonchev–Trinajstić information content (AvgIpc) is 2.76. The highest BCUT2D eigenvalue weighted by atomic mass is 16.6. The van der Waals surface area contributed by atoms with E-state index >= 15 is 0 Å². The Hall–Kier alpha value is -3.06. The summed E-state index contributed by atoms with van der Waals surface area (Å²) in [7, 11) is 2.59. The number of methoxy groups -OCH3 is 2. The first-order chi connectivity index (χ1) is 15.6. The molecule has 36 heavy (non-hydrogen) atoms. The van der Waals surface area contributed by atoms with Gasteiger partial charge >= 0.3 is 29.8 Å². The lowest BCUT2D eigenvalue weighted by Crippen LogP contribution is -2.39. The van der Waals surface area contributed by atoms with E-state index in [0.717, 1.165) is 7.11 Å². The Morgan fingerprint density at radius 2 is 0.917 bits per heavy atom. The van der Waals surface area contributed by atoms with Gasteiger partial charge in [-0.2, -0.15) is 0 Å². The molecule has 0 heterocycles. The minimum absolute atomic E-state index is 0. The maximum atomic E-state index is 11.3. The van der Waals surface area contributed by atoms with Gasteiger partial charge in [-0.3, -0.25) is 4.79 Å². The molecular weight excluding hydrogens is 484 g/mol. The molecule has 0 bridgehead atoms. The van der Waals surface area contributed by atoms with E-state index in [9.17, 15) is 28.8 Å². The monoisotopic (exact) mass is 530 g/mol. The van der Waals surface area contributed by atoms with Crippen LogP contribution >= 0.6 is 0 Å². The summed E-state index contributed by atoms with van der Waals surface area (Å²) in [6.07, 6.45) is -1.54. The quantitative estimate of drug-likeness (QED) is 0.165. The van der Waals surface area contributed by atoms with Crippen molar-refractivity contribution in [3.05, 3.63) is 0 Å². The third-order valence-electron chi connectivity index (χ3n) is 2.74. The normalized spacial score (nSPS) is 9.19.